The molecule has 44 heavy (non-hydrogen) atoms. The molecule has 3 nitrogen and oxygen atoms in total. The zero-order valence-electron chi connectivity index (χ0n) is 27.0. The second kappa shape index (κ2) is 13.5. The second-order valence-corrected chi connectivity index (χ2v) is 19.6. The molecule has 0 radical (unpaired) electrons. The van der Waals surface area contributed by atoms with E-state index in [-0.39, 0.29) is 0 Å². The molecule has 0 amide bonds. The molecule has 238 valence electrons. The average molecular weight is 720 g/mol. The van der Waals surface area contributed by atoms with Gasteiger partial charge < -0.3 is 9.80 Å². The first-order valence-corrected chi connectivity index (χ1v) is 21.7. The molecular weight excluding hydrogens is 672 g/mol. The first-order valence-electron chi connectivity index (χ1n) is 16.2. The molecule has 5 aliphatic rings. The fourth-order valence-corrected chi connectivity index (χ4v) is 10.9. The van der Waals surface area contributed by atoms with Crippen molar-refractivity contribution in [1.82, 2.24) is 0 Å². The van der Waals surface area contributed by atoms with Gasteiger partial charge in [0.2, 0.25) is 0 Å². The zero-order chi connectivity index (χ0) is 31.1. The topological polar surface area (TPSA) is 15.7 Å². The van der Waals surface area contributed by atoms with E-state index in [2.05, 4.69) is 94.4 Å². The van der Waals surface area contributed by atoms with Crippen LogP contribution in [0.5, 0.6) is 5.75 Å². The second-order valence-electron chi connectivity index (χ2n) is 13.9. The first-order chi connectivity index (χ1) is 21.0. The SMILES string of the molecule is Cc1cc(C)c(N2[CH-]N(c3c(C)cc(C)cc3C)CC2)c(C)c1.[Cl][Ru]([Cl])=[CH]c1ccccc1OC1C2CC3CC(C2)CC1C3. The van der Waals surface area contributed by atoms with Crippen LogP contribution in [-0.4, -0.2) is 23.8 Å². The van der Waals surface area contributed by atoms with Crippen molar-refractivity contribution in [2.45, 2.75) is 79.8 Å². The van der Waals surface area contributed by atoms with E-state index in [0.717, 1.165) is 48.1 Å². The number of halogens is 2. The summed E-state index contributed by atoms with van der Waals surface area (Å²) in [6.45, 7) is 17.6. The van der Waals surface area contributed by atoms with Crippen molar-refractivity contribution in [2.75, 3.05) is 22.9 Å². The van der Waals surface area contributed by atoms with Crippen molar-refractivity contribution in [3.8, 4) is 5.75 Å². The molecular formula is C38H47Cl2N2ORu-. The molecule has 0 atom stereocenters. The Kier molecular flexibility index (Phi) is 9.82. The summed E-state index contributed by atoms with van der Waals surface area (Å²) in [6.07, 6.45) is 7.42. The third-order valence-corrected chi connectivity index (χ3v) is 12.0. The maximum atomic E-state index is 6.50. The first kappa shape index (κ1) is 32.1. The van der Waals surface area contributed by atoms with Crippen LogP contribution in [0.4, 0.5) is 11.4 Å². The van der Waals surface area contributed by atoms with Crippen molar-refractivity contribution >= 4 is 35.4 Å². The summed E-state index contributed by atoms with van der Waals surface area (Å²) >= 11 is -1.81. The normalized spacial score (nSPS) is 25.5. The van der Waals surface area contributed by atoms with Gasteiger partial charge in [0.25, 0.3) is 0 Å². The van der Waals surface area contributed by atoms with Crippen LogP contribution >= 0.6 is 19.4 Å². The van der Waals surface area contributed by atoms with E-state index in [1.807, 2.05) is 16.7 Å². The molecule has 0 unspecified atom stereocenters. The molecule has 1 aliphatic heterocycles. The van der Waals surface area contributed by atoms with Crippen molar-refractivity contribution in [1.29, 1.82) is 0 Å². The van der Waals surface area contributed by atoms with E-state index in [0.29, 0.717) is 6.10 Å². The molecule has 5 fully saturated rings. The van der Waals surface area contributed by atoms with Gasteiger partial charge in [0.15, 0.2) is 0 Å². The summed E-state index contributed by atoms with van der Waals surface area (Å²) in [5.41, 5.74) is 11.9. The van der Waals surface area contributed by atoms with Crippen LogP contribution in [0.1, 0.15) is 71.0 Å². The van der Waals surface area contributed by atoms with Gasteiger partial charge in [-0.25, -0.2) is 0 Å². The van der Waals surface area contributed by atoms with E-state index in [4.69, 9.17) is 24.1 Å². The quantitative estimate of drug-likeness (QED) is 0.193. The van der Waals surface area contributed by atoms with Gasteiger partial charge in [0.1, 0.15) is 0 Å². The van der Waals surface area contributed by atoms with E-state index in [9.17, 15) is 0 Å². The number of rotatable bonds is 5. The summed E-state index contributed by atoms with van der Waals surface area (Å²) < 4.78 is 8.50. The fourth-order valence-electron chi connectivity index (χ4n) is 9.06. The summed E-state index contributed by atoms with van der Waals surface area (Å²) in [6, 6.07) is 17.3. The van der Waals surface area contributed by atoms with Gasteiger partial charge in [-0.15, -0.1) is 0 Å². The van der Waals surface area contributed by atoms with E-state index in [1.54, 1.807) is 0 Å². The summed E-state index contributed by atoms with van der Waals surface area (Å²) in [7, 11) is 12.1. The van der Waals surface area contributed by atoms with Crippen LogP contribution < -0.4 is 14.5 Å². The molecule has 8 rings (SSSR count). The number of nitrogens with zero attached hydrogens (tertiary/aromatic N) is 2. The number of hydrogen-bond acceptors (Lipinski definition) is 3. The summed E-state index contributed by atoms with van der Waals surface area (Å²) in [5, 5.41) is 0. The molecule has 6 heteroatoms. The number of anilines is 2. The molecule has 0 spiro atoms. The van der Waals surface area contributed by atoms with Gasteiger partial charge >= 0.3 is 140 Å². The molecule has 4 saturated carbocycles. The Labute approximate surface area is 278 Å². The van der Waals surface area contributed by atoms with Crippen LogP contribution in [-0.2, 0) is 13.5 Å². The molecule has 3 aromatic carbocycles. The molecule has 3 aromatic rings. The van der Waals surface area contributed by atoms with Crippen molar-refractivity contribution < 1.29 is 18.3 Å². The Hall–Kier alpha value is -1.87. The number of para-hydroxylation sites is 1. The molecule has 1 saturated heterocycles. The van der Waals surface area contributed by atoms with Gasteiger partial charge in [-0.1, -0.05) is 35.4 Å². The van der Waals surface area contributed by atoms with E-state index < -0.39 is 13.5 Å². The number of aryl methyl sites for hydroxylation is 6. The fraction of sp³-hybridized carbons (Fsp3) is 0.474. The van der Waals surface area contributed by atoms with Crippen molar-refractivity contribution in [3.05, 3.63) is 94.1 Å². The van der Waals surface area contributed by atoms with Crippen LogP contribution in [0.15, 0.2) is 48.5 Å². The third kappa shape index (κ3) is 6.94. The van der Waals surface area contributed by atoms with Crippen LogP contribution in [0.3, 0.4) is 0 Å². The predicted molar refractivity (Wildman–Crippen MR) is 185 cm³/mol. The van der Waals surface area contributed by atoms with Gasteiger partial charge in [-0.05, 0) is 63.8 Å². The van der Waals surface area contributed by atoms with Crippen molar-refractivity contribution in [2.24, 2.45) is 23.7 Å². The Morgan fingerprint density at radius 3 is 1.61 bits per heavy atom. The molecule has 1 heterocycles. The average Bonchev–Trinajstić information content (AvgIpc) is 3.39. The summed E-state index contributed by atoms with van der Waals surface area (Å²) in [4.78, 5) is 4.81. The van der Waals surface area contributed by atoms with E-state index >= 15 is 0 Å². The van der Waals surface area contributed by atoms with Crippen molar-refractivity contribution in [3.63, 3.8) is 0 Å². The molecule has 0 aromatic heterocycles. The molecule has 4 bridgehead atoms. The zero-order valence-corrected chi connectivity index (χ0v) is 30.3. The van der Waals surface area contributed by atoms with Gasteiger partial charge in [0.05, 0.1) is 0 Å². The van der Waals surface area contributed by atoms with Gasteiger partial charge in [0, 0.05) is 24.5 Å². The third-order valence-electron chi connectivity index (χ3n) is 10.2. The monoisotopic (exact) mass is 719 g/mol. The Morgan fingerprint density at radius 2 is 1.16 bits per heavy atom. The van der Waals surface area contributed by atoms with Gasteiger partial charge in [-0.2, -0.15) is 6.67 Å². The minimum atomic E-state index is -1.81. The van der Waals surface area contributed by atoms with Gasteiger partial charge in [-0.3, -0.25) is 0 Å². The van der Waals surface area contributed by atoms with Crippen LogP contribution in [0.2, 0.25) is 0 Å². The summed E-state index contributed by atoms with van der Waals surface area (Å²) in [5.74, 6) is 4.49. The van der Waals surface area contributed by atoms with Crippen LogP contribution in [0, 0.1) is 71.9 Å². The maximum absolute atomic E-state index is 6.50. The molecule has 4 aliphatic carbocycles. The Balaban J connectivity index is 0.000000156. The molecule has 0 N–H and O–H groups in total. The standard InChI is InChI=1S/C21H27N2.C17H20O.2ClH.Ru/c1-14-9-16(3)20(17(4)10-14)22-7-8-23(13-22)21-18(5)11-15(2)12-19(21)6;1-11-4-2-3-5-16(11)18-17-14-7-12-6-13(9-14)10-15(17)8-12;;;/h9-13H,7-8H2,1-6H3;1-5,12-15,17H,6-10H2;2*1H;/q-1;;;;+2/p-2. The Morgan fingerprint density at radius 1 is 0.705 bits per heavy atom. The minimum absolute atomic E-state index is 0.415. The predicted octanol–water partition coefficient (Wildman–Crippen LogP) is 9.95. The number of hydrogen-bond donors (Lipinski definition) is 0. The van der Waals surface area contributed by atoms with E-state index in [1.165, 1.54) is 76.9 Å². The number of benzene rings is 3. The number of ether oxygens (including phenoxy) is 1. The Bertz CT molecular complexity index is 1410. The van der Waals surface area contributed by atoms with Crippen LogP contribution in [0.25, 0.3) is 0 Å².